The van der Waals surface area contributed by atoms with Crippen molar-refractivity contribution in [3.05, 3.63) is 30.2 Å². The van der Waals surface area contributed by atoms with Gasteiger partial charge in [-0.25, -0.2) is 9.36 Å². The SMILES string of the molecule is CC(C)Cc1cc2ccncc2n1C(=O)OC(C)(C)C. The molecule has 4 nitrogen and oxygen atoms in total. The van der Waals surface area contributed by atoms with E-state index >= 15 is 0 Å². The van der Waals surface area contributed by atoms with Crippen molar-refractivity contribution in [2.24, 2.45) is 5.92 Å². The van der Waals surface area contributed by atoms with Crippen LogP contribution >= 0.6 is 0 Å². The maximum absolute atomic E-state index is 12.5. The number of carbonyl (C=O) groups excluding carboxylic acids is 1. The van der Waals surface area contributed by atoms with Crippen LogP contribution in [0.1, 0.15) is 40.3 Å². The van der Waals surface area contributed by atoms with Crippen LogP contribution in [0.15, 0.2) is 24.5 Å². The Morgan fingerprint density at radius 3 is 2.70 bits per heavy atom. The van der Waals surface area contributed by atoms with Crippen LogP contribution in [0.2, 0.25) is 0 Å². The van der Waals surface area contributed by atoms with Gasteiger partial charge >= 0.3 is 6.09 Å². The van der Waals surface area contributed by atoms with Gasteiger partial charge in [0.15, 0.2) is 0 Å². The monoisotopic (exact) mass is 274 g/mol. The molecule has 4 heteroatoms. The van der Waals surface area contributed by atoms with Gasteiger partial charge in [0, 0.05) is 17.3 Å². The van der Waals surface area contributed by atoms with Gasteiger partial charge in [0.1, 0.15) is 5.60 Å². The van der Waals surface area contributed by atoms with Crippen LogP contribution in [-0.2, 0) is 11.2 Å². The summed E-state index contributed by atoms with van der Waals surface area (Å²) in [6.45, 7) is 9.88. The molecule has 2 heterocycles. The van der Waals surface area contributed by atoms with Crippen LogP contribution in [-0.4, -0.2) is 21.2 Å². The topological polar surface area (TPSA) is 44.1 Å². The summed E-state index contributed by atoms with van der Waals surface area (Å²) in [6.07, 6.45) is 3.94. The third-order valence-electron chi connectivity index (χ3n) is 2.88. The van der Waals surface area contributed by atoms with Crippen molar-refractivity contribution < 1.29 is 9.53 Å². The largest absolute Gasteiger partial charge is 0.443 e. The standard InChI is InChI=1S/C16H22N2O2/c1-11(2)8-13-9-12-6-7-17-10-14(12)18(13)15(19)20-16(3,4)5/h6-7,9-11H,8H2,1-5H3. The zero-order valence-corrected chi connectivity index (χ0v) is 12.8. The molecular formula is C16H22N2O2. The first-order chi connectivity index (χ1) is 9.28. The highest BCUT2D eigenvalue weighted by atomic mass is 16.6. The Morgan fingerprint density at radius 1 is 1.40 bits per heavy atom. The minimum Gasteiger partial charge on any atom is -0.443 e. The van der Waals surface area contributed by atoms with Gasteiger partial charge in [-0.15, -0.1) is 0 Å². The molecule has 0 spiro atoms. The number of ether oxygens (including phenoxy) is 1. The molecule has 0 bridgehead atoms. The molecule has 0 radical (unpaired) electrons. The number of carbonyl (C=O) groups is 1. The van der Waals surface area contributed by atoms with E-state index in [1.54, 1.807) is 17.0 Å². The highest BCUT2D eigenvalue weighted by Crippen LogP contribution is 2.23. The van der Waals surface area contributed by atoms with Gasteiger partial charge in [0.25, 0.3) is 0 Å². The molecule has 108 valence electrons. The molecule has 0 saturated carbocycles. The van der Waals surface area contributed by atoms with E-state index in [-0.39, 0.29) is 6.09 Å². The highest BCUT2D eigenvalue weighted by molar-refractivity contribution is 5.90. The fraction of sp³-hybridized carbons (Fsp3) is 0.500. The van der Waals surface area contributed by atoms with Gasteiger partial charge < -0.3 is 4.74 Å². The minimum absolute atomic E-state index is 0.337. The normalized spacial score (nSPS) is 12.1. The molecule has 0 N–H and O–H groups in total. The molecule has 0 atom stereocenters. The third kappa shape index (κ3) is 3.18. The van der Waals surface area contributed by atoms with E-state index < -0.39 is 5.60 Å². The van der Waals surface area contributed by atoms with E-state index in [2.05, 4.69) is 18.8 Å². The van der Waals surface area contributed by atoms with Crippen molar-refractivity contribution in [3.8, 4) is 0 Å². The van der Waals surface area contributed by atoms with Gasteiger partial charge in [-0.1, -0.05) is 13.8 Å². The second-order valence-corrected chi connectivity index (χ2v) is 6.48. The highest BCUT2D eigenvalue weighted by Gasteiger charge is 2.22. The zero-order valence-electron chi connectivity index (χ0n) is 12.8. The van der Waals surface area contributed by atoms with Gasteiger partial charge in [-0.2, -0.15) is 0 Å². The lowest BCUT2D eigenvalue weighted by molar-refractivity contribution is 0.0539. The van der Waals surface area contributed by atoms with E-state index in [1.807, 2.05) is 32.9 Å². The van der Waals surface area contributed by atoms with Crippen molar-refractivity contribution in [1.82, 2.24) is 9.55 Å². The van der Waals surface area contributed by atoms with Crippen LogP contribution in [0.3, 0.4) is 0 Å². The molecule has 0 aromatic carbocycles. The summed E-state index contributed by atoms with van der Waals surface area (Å²) in [5.41, 5.74) is 1.26. The summed E-state index contributed by atoms with van der Waals surface area (Å²) in [5.74, 6) is 0.466. The molecule has 0 fully saturated rings. The molecule has 0 unspecified atom stereocenters. The molecule has 0 aliphatic rings. The van der Waals surface area contributed by atoms with Gasteiger partial charge in [0.2, 0.25) is 0 Å². The number of pyridine rings is 1. The summed E-state index contributed by atoms with van der Waals surface area (Å²) >= 11 is 0. The molecular weight excluding hydrogens is 252 g/mol. The summed E-state index contributed by atoms with van der Waals surface area (Å²) < 4.78 is 7.16. The maximum Gasteiger partial charge on any atom is 0.419 e. The second kappa shape index (κ2) is 5.27. The van der Waals surface area contributed by atoms with E-state index in [0.717, 1.165) is 23.0 Å². The molecule has 20 heavy (non-hydrogen) atoms. The van der Waals surface area contributed by atoms with Crippen LogP contribution in [0.25, 0.3) is 10.9 Å². The molecule has 0 aliphatic carbocycles. The fourth-order valence-corrected chi connectivity index (χ4v) is 2.20. The van der Waals surface area contributed by atoms with Gasteiger partial charge in [0.05, 0.1) is 11.7 Å². The number of hydrogen-bond donors (Lipinski definition) is 0. The Labute approximate surface area is 119 Å². The van der Waals surface area contributed by atoms with Crippen molar-refractivity contribution in [2.45, 2.75) is 46.6 Å². The molecule has 2 rings (SSSR count). The quantitative estimate of drug-likeness (QED) is 0.830. The molecule has 2 aromatic rings. The Balaban J connectivity index is 2.50. The molecule has 0 amide bonds. The first kappa shape index (κ1) is 14.6. The average molecular weight is 274 g/mol. The zero-order chi connectivity index (χ0) is 14.9. The number of nitrogens with zero attached hydrogens (tertiary/aromatic N) is 2. The van der Waals surface area contributed by atoms with Crippen molar-refractivity contribution in [3.63, 3.8) is 0 Å². The summed E-state index contributed by atoms with van der Waals surface area (Å²) in [5, 5.41) is 1.02. The Morgan fingerprint density at radius 2 is 2.10 bits per heavy atom. The third-order valence-corrected chi connectivity index (χ3v) is 2.88. The van der Waals surface area contributed by atoms with Crippen molar-refractivity contribution in [1.29, 1.82) is 0 Å². The van der Waals surface area contributed by atoms with Crippen molar-refractivity contribution >= 4 is 17.0 Å². The van der Waals surface area contributed by atoms with Crippen LogP contribution in [0.5, 0.6) is 0 Å². The maximum atomic E-state index is 12.5. The smallest absolute Gasteiger partial charge is 0.419 e. The number of aromatic nitrogens is 2. The lowest BCUT2D eigenvalue weighted by Gasteiger charge is -2.21. The molecule has 2 aromatic heterocycles. The van der Waals surface area contributed by atoms with Gasteiger partial charge in [-0.05, 0) is 45.2 Å². The Hall–Kier alpha value is -1.84. The summed E-state index contributed by atoms with van der Waals surface area (Å²) in [7, 11) is 0. The first-order valence-corrected chi connectivity index (χ1v) is 6.95. The lowest BCUT2D eigenvalue weighted by Crippen LogP contribution is -2.28. The molecule has 0 saturated heterocycles. The first-order valence-electron chi connectivity index (χ1n) is 6.95. The Kier molecular flexibility index (Phi) is 3.84. The van der Waals surface area contributed by atoms with Crippen LogP contribution in [0, 0.1) is 5.92 Å². The fourth-order valence-electron chi connectivity index (χ4n) is 2.20. The van der Waals surface area contributed by atoms with E-state index in [1.165, 1.54) is 0 Å². The lowest BCUT2D eigenvalue weighted by atomic mass is 10.1. The van der Waals surface area contributed by atoms with Crippen LogP contribution < -0.4 is 0 Å². The van der Waals surface area contributed by atoms with E-state index in [0.29, 0.717) is 5.92 Å². The van der Waals surface area contributed by atoms with Crippen LogP contribution in [0.4, 0.5) is 4.79 Å². The average Bonchev–Trinajstić information content (AvgIpc) is 2.63. The number of rotatable bonds is 2. The second-order valence-electron chi connectivity index (χ2n) is 6.48. The van der Waals surface area contributed by atoms with Gasteiger partial charge in [-0.3, -0.25) is 4.98 Å². The predicted octanol–water partition coefficient (Wildman–Crippen LogP) is 4.02. The predicted molar refractivity (Wildman–Crippen MR) is 79.9 cm³/mol. The van der Waals surface area contributed by atoms with E-state index in [9.17, 15) is 4.79 Å². The number of hydrogen-bond acceptors (Lipinski definition) is 3. The van der Waals surface area contributed by atoms with E-state index in [4.69, 9.17) is 4.74 Å². The Bertz CT molecular complexity index is 621. The number of fused-ring (bicyclic) bond motifs is 1. The summed E-state index contributed by atoms with van der Waals surface area (Å²) in [4.78, 5) is 16.6. The summed E-state index contributed by atoms with van der Waals surface area (Å²) in [6, 6.07) is 3.96. The minimum atomic E-state index is -0.509. The molecule has 0 aliphatic heterocycles. The van der Waals surface area contributed by atoms with Crippen molar-refractivity contribution in [2.75, 3.05) is 0 Å².